The number of carbonyl (C=O) groups is 1. The lowest BCUT2D eigenvalue weighted by Crippen LogP contribution is -2.33. The molecule has 1 aromatic carbocycles. The molecule has 0 atom stereocenters. The van der Waals surface area contributed by atoms with Crippen LogP contribution in [0, 0.1) is 6.92 Å². The van der Waals surface area contributed by atoms with E-state index in [-0.39, 0.29) is 0 Å². The lowest BCUT2D eigenvalue weighted by atomic mass is 10.2. The van der Waals surface area contributed by atoms with Gasteiger partial charge < -0.3 is 9.64 Å². The number of halogens is 1. The van der Waals surface area contributed by atoms with Crippen molar-refractivity contribution in [3.63, 3.8) is 0 Å². The second-order valence-corrected chi connectivity index (χ2v) is 4.50. The Morgan fingerprint density at radius 3 is 2.53 bits per heavy atom. The number of hydrogen-bond donors (Lipinski definition) is 1. The maximum Gasteiger partial charge on any atom is 0.415 e. The van der Waals surface area contributed by atoms with Gasteiger partial charge in [-0.1, -0.05) is 11.6 Å². The third kappa shape index (κ3) is 3.54. The van der Waals surface area contributed by atoms with E-state index in [4.69, 9.17) is 16.3 Å². The molecule has 0 radical (unpaired) electrons. The molecule has 0 aliphatic carbocycles. The van der Waals surface area contributed by atoms with E-state index in [0.29, 0.717) is 23.9 Å². The van der Waals surface area contributed by atoms with E-state index in [9.17, 15) is 4.79 Å². The summed E-state index contributed by atoms with van der Waals surface area (Å²) in [5.74, 6) is 0.346. The van der Waals surface area contributed by atoms with Crippen LogP contribution in [-0.4, -0.2) is 24.1 Å². The van der Waals surface area contributed by atoms with Gasteiger partial charge in [0, 0.05) is 18.0 Å². The maximum absolute atomic E-state index is 11.7. The van der Waals surface area contributed by atoms with Crippen molar-refractivity contribution in [2.24, 2.45) is 0 Å². The molecule has 1 aromatic rings. The number of thiol groups is 1. The number of carbonyl (C=O) groups excluding carboxylic acids is 1. The topological polar surface area (TPSA) is 29.5 Å². The van der Waals surface area contributed by atoms with Gasteiger partial charge in [-0.25, -0.2) is 4.79 Å². The second kappa shape index (κ2) is 6.17. The summed E-state index contributed by atoms with van der Waals surface area (Å²) in [5.41, 5.74) is 0.945. The second-order valence-electron chi connectivity index (χ2n) is 3.61. The quantitative estimate of drug-likeness (QED) is 0.850. The molecule has 0 unspecified atom stereocenters. The molecule has 0 heterocycles. The minimum atomic E-state index is -0.395. The molecule has 94 valence electrons. The van der Waals surface area contributed by atoms with Gasteiger partial charge in [-0.05, 0) is 38.5 Å². The van der Waals surface area contributed by atoms with Gasteiger partial charge in [-0.15, -0.1) is 12.6 Å². The molecule has 5 heteroatoms. The van der Waals surface area contributed by atoms with E-state index in [2.05, 4.69) is 12.6 Å². The lowest BCUT2D eigenvalue weighted by Gasteiger charge is -2.18. The van der Waals surface area contributed by atoms with E-state index in [1.54, 1.807) is 17.0 Å². The van der Waals surface area contributed by atoms with Crippen LogP contribution >= 0.6 is 24.2 Å². The van der Waals surface area contributed by atoms with Crippen LogP contribution in [-0.2, 0) is 0 Å². The highest BCUT2D eigenvalue weighted by Crippen LogP contribution is 2.30. The van der Waals surface area contributed by atoms with Crippen LogP contribution in [0.3, 0.4) is 0 Å². The number of hydrogen-bond acceptors (Lipinski definition) is 3. The fraction of sp³-hybridized carbons (Fsp3) is 0.417. The van der Waals surface area contributed by atoms with Crippen molar-refractivity contribution < 1.29 is 9.53 Å². The average molecular weight is 274 g/mol. The summed E-state index contributed by atoms with van der Waals surface area (Å²) < 4.78 is 5.23. The van der Waals surface area contributed by atoms with Gasteiger partial charge in [0.1, 0.15) is 0 Å². The number of benzene rings is 1. The first kappa shape index (κ1) is 14.2. The molecule has 0 spiro atoms. The van der Waals surface area contributed by atoms with Crippen molar-refractivity contribution in [2.45, 2.75) is 25.7 Å². The molecule has 17 heavy (non-hydrogen) atoms. The predicted octanol–water partition coefficient (Wildman–Crippen LogP) is 3.78. The van der Waals surface area contributed by atoms with Crippen molar-refractivity contribution in [1.29, 1.82) is 0 Å². The van der Waals surface area contributed by atoms with E-state index in [1.165, 1.54) is 0 Å². The zero-order chi connectivity index (χ0) is 13.0. The highest BCUT2D eigenvalue weighted by molar-refractivity contribution is 7.80. The van der Waals surface area contributed by atoms with Gasteiger partial charge >= 0.3 is 6.09 Å². The number of rotatable bonds is 3. The Bertz CT molecular complexity index is 419. The molecule has 0 aliphatic heterocycles. The molecule has 0 aromatic heterocycles. The number of aryl methyl sites for hydroxylation is 1. The Morgan fingerprint density at radius 2 is 2.00 bits per heavy atom. The fourth-order valence-electron chi connectivity index (χ4n) is 1.36. The summed E-state index contributed by atoms with van der Waals surface area (Å²) in [6.07, 6.45) is -0.395. The fourth-order valence-corrected chi connectivity index (χ4v) is 1.80. The van der Waals surface area contributed by atoms with E-state index < -0.39 is 6.09 Å². The number of ether oxygens (including phenoxy) is 1. The molecule has 0 fully saturated rings. The minimum absolute atomic E-state index is 0.346. The SMILES string of the molecule is CCN(CC)C(=O)Oc1cc(S)c(C)cc1Cl. The first-order chi connectivity index (χ1) is 7.99. The molecule has 1 amide bonds. The Hall–Kier alpha value is -0.870. The Kier molecular flexibility index (Phi) is 5.15. The van der Waals surface area contributed by atoms with Crippen molar-refractivity contribution in [3.05, 3.63) is 22.7 Å². The highest BCUT2D eigenvalue weighted by atomic mass is 35.5. The van der Waals surface area contributed by atoms with Gasteiger partial charge in [-0.3, -0.25) is 0 Å². The minimum Gasteiger partial charge on any atom is -0.409 e. The van der Waals surface area contributed by atoms with Crippen molar-refractivity contribution in [1.82, 2.24) is 4.90 Å². The van der Waals surface area contributed by atoms with E-state index in [0.717, 1.165) is 10.5 Å². The summed E-state index contributed by atoms with van der Waals surface area (Å²) in [6.45, 7) is 6.89. The van der Waals surface area contributed by atoms with Gasteiger partial charge in [0.05, 0.1) is 5.02 Å². The zero-order valence-electron chi connectivity index (χ0n) is 10.2. The largest absolute Gasteiger partial charge is 0.415 e. The van der Waals surface area contributed by atoms with Crippen molar-refractivity contribution in [3.8, 4) is 5.75 Å². The highest BCUT2D eigenvalue weighted by Gasteiger charge is 2.14. The summed E-state index contributed by atoms with van der Waals surface area (Å²) in [7, 11) is 0. The van der Waals surface area contributed by atoms with Crippen LogP contribution in [0.15, 0.2) is 17.0 Å². The summed E-state index contributed by atoms with van der Waals surface area (Å²) in [4.78, 5) is 14.1. The normalized spacial score (nSPS) is 10.2. The van der Waals surface area contributed by atoms with Gasteiger partial charge in [0.2, 0.25) is 0 Å². The molecule has 0 aliphatic rings. The molecule has 0 saturated carbocycles. The molecule has 0 saturated heterocycles. The van der Waals surface area contributed by atoms with E-state index in [1.807, 2.05) is 20.8 Å². The Morgan fingerprint density at radius 1 is 1.41 bits per heavy atom. The Labute approximate surface area is 112 Å². The molecular formula is C12H16ClNO2S. The van der Waals surface area contributed by atoms with Crippen molar-refractivity contribution >= 4 is 30.3 Å². The van der Waals surface area contributed by atoms with Crippen molar-refractivity contribution in [2.75, 3.05) is 13.1 Å². The van der Waals surface area contributed by atoms with Gasteiger partial charge in [0.15, 0.2) is 5.75 Å². The summed E-state index contributed by atoms with van der Waals surface area (Å²) in [6, 6.07) is 3.39. The van der Waals surface area contributed by atoms with Crippen LogP contribution in [0.2, 0.25) is 5.02 Å². The van der Waals surface area contributed by atoms with E-state index >= 15 is 0 Å². The van der Waals surface area contributed by atoms with Crippen LogP contribution in [0.25, 0.3) is 0 Å². The molecule has 1 rings (SSSR count). The van der Waals surface area contributed by atoms with Gasteiger partial charge in [-0.2, -0.15) is 0 Å². The van der Waals surface area contributed by atoms with Gasteiger partial charge in [0.25, 0.3) is 0 Å². The smallest absolute Gasteiger partial charge is 0.409 e. The molecule has 0 N–H and O–H groups in total. The zero-order valence-corrected chi connectivity index (χ0v) is 11.8. The molecule has 3 nitrogen and oxygen atoms in total. The lowest BCUT2D eigenvalue weighted by molar-refractivity contribution is 0.157. The first-order valence-electron chi connectivity index (χ1n) is 5.45. The van der Waals surface area contributed by atoms with Crippen LogP contribution in [0.5, 0.6) is 5.75 Å². The molecule has 0 bridgehead atoms. The standard InChI is InChI=1S/C12H16ClNO2S/c1-4-14(5-2)12(15)16-10-7-11(17)8(3)6-9(10)13/h6-7,17H,4-5H2,1-3H3. The average Bonchev–Trinajstić information content (AvgIpc) is 2.27. The summed E-state index contributed by atoms with van der Waals surface area (Å²) in [5, 5.41) is 0.417. The maximum atomic E-state index is 11.7. The monoisotopic (exact) mass is 273 g/mol. The predicted molar refractivity (Wildman–Crippen MR) is 72.4 cm³/mol. The third-order valence-corrected chi connectivity index (χ3v) is 3.25. The first-order valence-corrected chi connectivity index (χ1v) is 6.28. The number of nitrogens with zero attached hydrogens (tertiary/aromatic N) is 1. The van der Waals surface area contributed by atoms with Crippen LogP contribution < -0.4 is 4.74 Å². The Balaban J connectivity index is 2.88. The van der Waals surface area contributed by atoms with Crippen LogP contribution in [0.1, 0.15) is 19.4 Å². The molecular weight excluding hydrogens is 258 g/mol. The van der Waals surface area contributed by atoms with Crippen LogP contribution in [0.4, 0.5) is 4.79 Å². The third-order valence-electron chi connectivity index (χ3n) is 2.47. The summed E-state index contributed by atoms with van der Waals surface area (Å²) >= 11 is 10.3. The number of amides is 1.